The summed E-state index contributed by atoms with van der Waals surface area (Å²) in [4.78, 5) is 2.36. The Kier molecular flexibility index (Phi) is 4.37. The Morgan fingerprint density at radius 2 is 2.00 bits per heavy atom. The van der Waals surface area contributed by atoms with Gasteiger partial charge in [0.15, 0.2) is 0 Å². The lowest BCUT2D eigenvalue weighted by Gasteiger charge is -2.28. The first-order valence-electron chi connectivity index (χ1n) is 7.00. The molecule has 3 N–H and O–H groups in total. The second-order valence-corrected chi connectivity index (χ2v) is 6.13. The van der Waals surface area contributed by atoms with Crippen molar-refractivity contribution >= 4 is 5.82 Å². The summed E-state index contributed by atoms with van der Waals surface area (Å²) >= 11 is 0. The average Bonchev–Trinajstić information content (AvgIpc) is 2.40. The van der Waals surface area contributed by atoms with Crippen molar-refractivity contribution in [1.29, 1.82) is 0 Å². The highest BCUT2D eigenvalue weighted by molar-refractivity contribution is 5.36. The number of likely N-dealkylation sites (tertiary alicyclic amines) is 1. The van der Waals surface area contributed by atoms with Crippen LogP contribution in [0.5, 0.6) is 0 Å². The SMILES string of the molecule is CN1CCC(c2ccc(NC(C)(C)CN)nn2)CC1. The molecule has 1 aliphatic heterocycles. The molecule has 0 unspecified atom stereocenters. The van der Waals surface area contributed by atoms with Crippen LogP contribution in [0.15, 0.2) is 12.1 Å². The van der Waals surface area contributed by atoms with Gasteiger partial charge in [0.2, 0.25) is 0 Å². The van der Waals surface area contributed by atoms with Crippen molar-refractivity contribution in [3.63, 3.8) is 0 Å². The van der Waals surface area contributed by atoms with Gasteiger partial charge in [-0.2, -0.15) is 5.10 Å². The maximum Gasteiger partial charge on any atom is 0.149 e. The van der Waals surface area contributed by atoms with Crippen molar-refractivity contribution in [2.45, 2.75) is 38.1 Å². The first-order chi connectivity index (χ1) is 9.00. The first kappa shape index (κ1) is 14.2. The Hall–Kier alpha value is -1.20. The molecule has 5 nitrogen and oxygen atoms in total. The van der Waals surface area contributed by atoms with Crippen molar-refractivity contribution in [1.82, 2.24) is 15.1 Å². The first-order valence-corrected chi connectivity index (χ1v) is 7.00. The van der Waals surface area contributed by atoms with E-state index in [0.29, 0.717) is 12.5 Å². The molecule has 19 heavy (non-hydrogen) atoms. The summed E-state index contributed by atoms with van der Waals surface area (Å²) in [6, 6.07) is 4.11. The third-order valence-electron chi connectivity index (χ3n) is 3.80. The number of nitrogens with zero attached hydrogens (tertiary/aromatic N) is 3. The topological polar surface area (TPSA) is 67.1 Å². The molecule has 2 heterocycles. The Balaban J connectivity index is 1.98. The summed E-state index contributed by atoms with van der Waals surface area (Å²) in [7, 11) is 2.17. The van der Waals surface area contributed by atoms with Crippen LogP contribution in [0, 0.1) is 0 Å². The quantitative estimate of drug-likeness (QED) is 0.860. The molecule has 1 aliphatic rings. The highest BCUT2D eigenvalue weighted by Crippen LogP contribution is 2.26. The summed E-state index contributed by atoms with van der Waals surface area (Å²) in [5.74, 6) is 1.35. The van der Waals surface area contributed by atoms with E-state index in [9.17, 15) is 0 Å². The zero-order valence-electron chi connectivity index (χ0n) is 12.2. The Morgan fingerprint density at radius 3 is 2.53 bits per heavy atom. The summed E-state index contributed by atoms with van der Waals surface area (Å²) in [6.07, 6.45) is 2.35. The third kappa shape index (κ3) is 3.88. The summed E-state index contributed by atoms with van der Waals surface area (Å²) in [6.45, 7) is 6.96. The number of aromatic nitrogens is 2. The monoisotopic (exact) mass is 263 g/mol. The van der Waals surface area contributed by atoms with Crippen LogP contribution < -0.4 is 11.1 Å². The number of rotatable bonds is 4. The fourth-order valence-corrected chi connectivity index (χ4v) is 2.33. The molecular weight excluding hydrogens is 238 g/mol. The molecule has 2 rings (SSSR count). The van der Waals surface area contributed by atoms with Gasteiger partial charge in [0.1, 0.15) is 5.82 Å². The molecular formula is C14H25N5. The molecule has 1 saturated heterocycles. The molecule has 0 amide bonds. The number of hydrogen-bond acceptors (Lipinski definition) is 5. The van der Waals surface area contributed by atoms with Crippen LogP contribution in [0.25, 0.3) is 0 Å². The number of piperidine rings is 1. The molecule has 1 aromatic heterocycles. The van der Waals surface area contributed by atoms with E-state index in [1.54, 1.807) is 0 Å². The van der Waals surface area contributed by atoms with Crippen molar-refractivity contribution in [2.24, 2.45) is 5.73 Å². The maximum absolute atomic E-state index is 5.70. The smallest absolute Gasteiger partial charge is 0.149 e. The zero-order valence-corrected chi connectivity index (χ0v) is 12.2. The predicted molar refractivity (Wildman–Crippen MR) is 78.3 cm³/mol. The minimum Gasteiger partial charge on any atom is -0.362 e. The van der Waals surface area contributed by atoms with Crippen LogP contribution in [0.3, 0.4) is 0 Å². The van der Waals surface area contributed by atoms with Crippen molar-refractivity contribution in [3.05, 3.63) is 17.8 Å². The standard InChI is InChI=1S/C14H25N5/c1-14(2,10-15)16-13-5-4-12(17-18-13)11-6-8-19(3)9-7-11/h4-5,11H,6-10,15H2,1-3H3,(H,16,18). The van der Waals surface area contributed by atoms with Crippen LogP contribution in [-0.2, 0) is 0 Å². The van der Waals surface area contributed by atoms with Gasteiger partial charge in [-0.1, -0.05) is 0 Å². The van der Waals surface area contributed by atoms with Crippen molar-refractivity contribution < 1.29 is 0 Å². The molecule has 0 aliphatic carbocycles. The van der Waals surface area contributed by atoms with E-state index in [2.05, 4.69) is 47.4 Å². The number of nitrogens with two attached hydrogens (primary N) is 1. The maximum atomic E-state index is 5.70. The predicted octanol–water partition coefficient (Wildman–Crippen LogP) is 1.43. The minimum absolute atomic E-state index is 0.149. The van der Waals surface area contributed by atoms with Crippen LogP contribution in [0.4, 0.5) is 5.82 Å². The van der Waals surface area contributed by atoms with Crippen LogP contribution in [0.2, 0.25) is 0 Å². The van der Waals surface area contributed by atoms with Crippen molar-refractivity contribution in [2.75, 3.05) is 32.0 Å². The van der Waals surface area contributed by atoms with Gasteiger partial charge in [-0.25, -0.2) is 0 Å². The van der Waals surface area contributed by atoms with E-state index in [4.69, 9.17) is 5.73 Å². The highest BCUT2D eigenvalue weighted by atomic mass is 15.2. The lowest BCUT2D eigenvalue weighted by atomic mass is 9.93. The van der Waals surface area contributed by atoms with Gasteiger partial charge < -0.3 is 16.0 Å². The Morgan fingerprint density at radius 1 is 1.32 bits per heavy atom. The molecule has 0 aromatic carbocycles. The van der Waals surface area contributed by atoms with Gasteiger partial charge in [-0.15, -0.1) is 5.10 Å². The second-order valence-electron chi connectivity index (χ2n) is 6.13. The highest BCUT2D eigenvalue weighted by Gasteiger charge is 2.20. The molecule has 0 spiro atoms. The van der Waals surface area contributed by atoms with Gasteiger partial charge in [0.05, 0.1) is 5.69 Å². The molecule has 1 aromatic rings. The summed E-state index contributed by atoms with van der Waals surface area (Å²) < 4.78 is 0. The lowest BCUT2D eigenvalue weighted by molar-refractivity contribution is 0.253. The van der Waals surface area contributed by atoms with E-state index in [1.165, 1.54) is 12.8 Å². The van der Waals surface area contributed by atoms with Crippen molar-refractivity contribution in [3.8, 4) is 0 Å². The fraction of sp³-hybridized carbons (Fsp3) is 0.714. The average molecular weight is 263 g/mol. The largest absolute Gasteiger partial charge is 0.362 e. The summed E-state index contributed by atoms with van der Waals surface area (Å²) in [5.41, 5.74) is 6.66. The fourth-order valence-electron chi connectivity index (χ4n) is 2.33. The van der Waals surface area contributed by atoms with Gasteiger partial charge in [0.25, 0.3) is 0 Å². The van der Waals surface area contributed by atoms with E-state index < -0.39 is 0 Å². The minimum atomic E-state index is -0.149. The van der Waals surface area contributed by atoms with E-state index in [1.807, 2.05) is 6.07 Å². The van der Waals surface area contributed by atoms with E-state index >= 15 is 0 Å². The molecule has 106 valence electrons. The molecule has 0 atom stereocenters. The second kappa shape index (κ2) is 5.84. The number of anilines is 1. The molecule has 5 heteroatoms. The number of nitrogens with one attached hydrogen (secondary N) is 1. The van der Waals surface area contributed by atoms with E-state index in [0.717, 1.165) is 24.6 Å². The lowest BCUT2D eigenvalue weighted by Crippen LogP contribution is -2.39. The van der Waals surface area contributed by atoms with Crippen LogP contribution in [0.1, 0.15) is 38.3 Å². The van der Waals surface area contributed by atoms with Gasteiger partial charge in [0, 0.05) is 18.0 Å². The van der Waals surface area contributed by atoms with Crippen LogP contribution in [-0.4, -0.2) is 47.3 Å². The van der Waals surface area contributed by atoms with Gasteiger partial charge in [-0.05, 0) is 59.0 Å². The molecule has 0 bridgehead atoms. The molecule has 0 saturated carbocycles. The third-order valence-corrected chi connectivity index (χ3v) is 3.80. The van der Waals surface area contributed by atoms with E-state index in [-0.39, 0.29) is 5.54 Å². The summed E-state index contributed by atoms with van der Waals surface area (Å²) in [5, 5.41) is 11.9. The molecule has 1 fully saturated rings. The van der Waals surface area contributed by atoms with Gasteiger partial charge in [-0.3, -0.25) is 0 Å². The Labute approximate surface area is 115 Å². The Bertz CT molecular complexity index is 393. The van der Waals surface area contributed by atoms with Crippen LogP contribution >= 0.6 is 0 Å². The zero-order chi connectivity index (χ0) is 13.9. The van der Waals surface area contributed by atoms with Gasteiger partial charge >= 0.3 is 0 Å². The molecule has 0 radical (unpaired) electrons. The number of hydrogen-bond donors (Lipinski definition) is 2. The normalized spacial score (nSPS) is 18.5.